The molecule has 1 aliphatic rings. The molecule has 152 valence electrons. The normalized spacial score (nSPS) is 27.5. The Kier molecular flexibility index (Phi) is 5.44. The molecule has 3 unspecified atom stereocenters. The van der Waals surface area contributed by atoms with Crippen LogP contribution in [0.2, 0.25) is 0 Å². The zero-order valence-corrected chi connectivity index (χ0v) is 14.5. The lowest BCUT2D eigenvalue weighted by Gasteiger charge is -2.44. The van der Waals surface area contributed by atoms with E-state index >= 15 is 4.39 Å². The van der Waals surface area contributed by atoms with Crippen molar-refractivity contribution in [1.82, 2.24) is 0 Å². The van der Waals surface area contributed by atoms with Gasteiger partial charge in [-0.25, -0.2) is 8.78 Å². The molecule has 0 spiro atoms. The van der Waals surface area contributed by atoms with Crippen LogP contribution in [0.25, 0.3) is 11.1 Å². The third-order valence-corrected chi connectivity index (χ3v) is 5.05. The molecule has 2 aromatic carbocycles. The van der Waals surface area contributed by atoms with Gasteiger partial charge < -0.3 is 0 Å². The Balaban J connectivity index is 1.96. The zero-order chi connectivity index (χ0) is 20.6. The fourth-order valence-corrected chi connectivity index (χ4v) is 3.59. The van der Waals surface area contributed by atoms with Crippen molar-refractivity contribution in [2.75, 3.05) is 6.61 Å². The summed E-state index contributed by atoms with van der Waals surface area (Å²) in [4.78, 5) is 0. The van der Waals surface area contributed by atoms with E-state index < -0.39 is 49.5 Å². The van der Waals surface area contributed by atoms with Crippen LogP contribution in [0.3, 0.4) is 0 Å². The first-order chi connectivity index (χ1) is 13.1. The Morgan fingerprint density at radius 1 is 0.929 bits per heavy atom. The van der Waals surface area contributed by atoms with Crippen molar-refractivity contribution in [1.29, 1.82) is 0 Å². The minimum atomic E-state index is -5.07. The van der Waals surface area contributed by atoms with Crippen LogP contribution in [0.5, 0.6) is 0 Å². The van der Waals surface area contributed by atoms with Gasteiger partial charge in [0.25, 0.3) is 0 Å². The standard InChI is InChI=1S/C20H17F7O/c21-17-14(12-28-20(25,26)27)10-11-18(22,19(17,23)24)16-9-5-4-8-15(16)13-6-2-1-3-7-13/h1-9,14,17H,10-12H2. The quantitative estimate of drug-likeness (QED) is 0.531. The second-order valence-electron chi connectivity index (χ2n) is 6.79. The number of ether oxygens (including phenoxy) is 1. The second-order valence-corrected chi connectivity index (χ2v) is 6.79. The van der Waals surface area contributed by atoms with Gasteiger partial charge in [0.05, 0.1) is 6.61 Å². The van der Waals surface area contributed by atoms with Crippen LogP contribution in [-0.4, -0.2) is 25.1 Å². The van der Waals surface area contributed by atoms with Crippen molar-refractivity contribution in [3.63, 3.8) is 0 Å². The maximum Gasteiger partial charge on any atom is 0.522 e. The summed E-state index contributed by atoms with van der Waals surface area (Å²) in [5.41, 5.74) is -3.08. The van der Waals surface area contributed by atoms with Gasteiger partial charge in [-0.15, -0.1) is 13.2 Å². The third-order valence-electron chi connectivity index (χ3n) is 5.05. The van der Waals surface area contributed by atoms with Crippen LogP contribution in [0.4, 0.5) is 30.7 Å². The number of alkyl halides is 7. The molecule has 0 bridgehead atoms. The SMILES string of the molecule is FC1C(COC(F)(F)F)CCC(F)(c2ccccc2-c2ccccc2)C1(F)F. The molecule has 1 nitrogen and oxygen atoms in total. The highest BCUT2D eigenvalue weighted by molar-refractivity contribution is 5.69. The molecule has 3 rings (SSSR count). The Bertz CT molecular complexity index is 806. The molecular formula is C20H17F7O. The lowest BCUT2D eigenvalue weighted by Crippen LogP contribution is -2.56. The Labute approximate surface area is 157 Å². The van der Waals surface area contributed by atoms with E-state index in [2.05, 4.69) is 4.74 Å². The Hall–Kier alpha value is -2.09. The van der Waals surface area contributed by atoms with Gasteiger partial charge in [0, 0.05) is 11.5 Å². The molecule has 0 heterocycles. The highest BCUT2D eigenvalue weighted by Crippen LogP contribution is 2.55. The molecule has 28 heavy (non-hydrogen) atoms. The summed E-state index contributed by atoms with van der Waals surface area (Å²) >= 11 is 0. The van der Waals surface area contributed by atoms with Gasteiger partial charge in [-0.1, -0.05) is 54.6 Å². The monoisotopic (exact) mass is 406 g/mol. The smallest absolute Gasteiger partial charge is 0.292 e. The van der Waals surface area contributed by atoms with Gasteiger partial charge in [0.2, 0.25) is 5.67 Å². The van der Waals surface area contributed by atoms with Crippen LogP contribution in [0.15, 0.2) is 54.6 Å². The van der Waals surface area contributed by atoms with Crippen LogP contribution < -0.4 is 0 Å². The first-order valence-corrected chi connectivity index (χ1v) is 8.63. The summed E-state index contributed by atoms with van der Waals surface area (Å²) in [6.07, 6.45) is -9.51. The fourth-order valence-electron chi connectivity index (χ4n) is 3.59. The molecular weight excluding hydrogens is 389 g/mol. The van der Waals surface area contributed by atoms with Crippen molar-refractivity contribution in [2.24, 2.45) is 5.92 Å². The Morgan fingerprint density at radius 3 is 2.18 bits per heavy atom. The predicted octanol–water partition coefficient (Wildman–Crippen LogP) is 6.44. The lowest BCUT2D eigenvalue weighted by atomic mass is 9.71. The summed E-state index contributed by atoms with van der Waals surface area (Å²) in [6.45, 7) is -1.28. The average Bonchev–Trinajstić information content (AvgIpc) is 2.66. The van der Waals surface area contributed by atoms with E-state index in [1.54, 1.807) is 36.4 Å². The van der Waals surface area contributed by atoms with Gasteiger partial charge in [-0.05, 0) is 24.0 Å². The topological polar surface area (TPSA) is 9.23 Å². The minimum absolute atomic E-state index is 0.183. The number of rotatable bonds is 4. The first-order valence-electron chi connectivity index (χ1n) is 8.63. The number of hydrogen-bond acceptors (Lipinski definition) is 1. The van der Waals surface area contributed by atoms with Crippen molar-refractivity contribution < 1.29 is 35.5 Å². The second kappa shape index (κ2) is 7.39. The van der Waals surface area contributed by atoms with Gasteiger partial charge in [0.15, 0.2) is 6.17 Å². The molecule has 8 heteroatoms. The van der Waals surface area contributed by atoms with Crippen molar-refractivity contribution in [2.45, 2.75) is 37.0 Å². The minimum Gasteiger partial charge on any atom is -0.292 e. The number of hydrogen-bond donors (Lipinski definition) is 0. The maximum atomic E-state index is 15.7. The van der Waals surface area contributed by atoms with Crippen LogP contribution in [0.1, 0.15) is 18.4 Å². The molecule has 2 aromatic rings. The Morgan fingerprint density at radius 2 is 1.54 bits per heavy atom. The molecule has 0 aliphatic heterocycles. The van der Waals surface area contributed by atoms with E-state index in [0.29, 0.717) is 5.56 Å². The molecule has 0 radical (unpaired) electrons. The van der Waals surface area contributed by atoms with Gasteiger partial charge >= 0.3 is 12.3 Å². The van der Waals surface area contributed by atoms with E-state index in [0.717, 1.165) is 6.07 Å². The van der Waals surface area contributed by atoms with Gasteiger partial charge in [-0.3, -0.25) is 4.74 Å². The molecule has 0 aromatic heterocycles. The van der Waals surface area contributed by atoms with E-state index in [1.807, 2.05) is 0 Å². The average molecular weight is 406 g/mol. The van der Waals surface area contributed by atoms with E-state index in [4.69, 9.17) is 0 Å². The largest absolute Gasteiger partial charge is 0.522 e. The molecule has 0 amide bonds. The molecule has 1 saturated carbocycles. The van der Waals surface area contributed by atoms with E-state index in [9.17, 15) is 26.3 Å². The van der Waals surface area contributed by atoms with Crippen molar-refractivity contribution >= 4 is 0 Å². The van der Waals surface area contributed by atoms with Crippen LogP contribution in [-0.2, 0) is 10.4 Å². The number of halogens is 7. The molecule has 3 atom stereocenters. The van der Waals surface area contributed by atoms with Gasteiger partial charge in [0.1, 0.15) is 0 Å². The van der Waals surface area contributed by atoms with Gasteiger partial charge in [-0.2, -0.15) is 8.78 Å². The summed E-state index contributed by atoms with van der Waals surface area (Å²) in [5.74, 6) is -6.28. The summed E-state index contributed by atoms with van der Waals surface area (Å²) in [7, 11) is 0. The van der Waals surface area contributed by atoms with Crippen LogP contribution >= 0.6 is 0 Å². The van der Waals surface area contributed by atoms with E-state index in [-0.39, 0.29) is 11.1 Å². The summed E-state index contributed by atoms with van der Waals surface area (Å²) in [6, 6.07) is 13.7. The van der Waals surface area contributed by atoms with Crippen LogP contribution in [0, 0.1) is 5.92 Å². The van der Waals surface area contributed by atoms with E-state index in [1.165, 1.54) is 12.1 Å². The lowest BCUT2D eigenvalue weighted by molar-refractivity contribution is -0.335. The predicted molar refractivity (Wildman–Crippen MR) is 89.2 cm³/mol. The van der Waals surface area contributed by atoms with Crippen molar-refractivity contribution in [3.8, 4) is 11.1 Å². The molecule has 1 fully saturated rings. The first kappa shape index (κ1) is 20.6. The highest BCUT2D eigenvalue weighted by atomic mass is 19.4. The summed E-state index contributed by atoms with van der Waals surface area (Å²) < 4.78 is 99.8. The zero-order valence-electron chi connectivity index (χ0n) is 14.5. The molecule has 1 aliphatic carbocycles. The maximum absolute atomic E-state index is 15.7. The number of benzene rings is 2. The molecule has 0 N–H and O–H groups in total. The van der Waals surface area contributed by atoms with Crippen molar-refractivity contribution in [3.05, 3.63) is 60.2 Å². The fraction of sp³-hybridized carbons (Fsp3) is 0.400. The highest BCUT2D eigenvalue weighted by Gasteiger charge is 2.66. The summed E-state index contributed by atoms with van der Waals surface area (Å²) in [5, 5.41) is 0. The molecule has 0 saturated heterocycles. The third kappa shape index (κ3) is 3.74.